The number of imidazole rings is 1. The molecule has 26 heavy (non-hydrogen) atoms. The summed E-state index contributed by atoms with van der Waals surface area (Å²) in [5, 5.41) is 3.41. The minimum atomic E-state index is -0.701. The van der Waals surface area contributed by atoms with Gasteiger partial charge in [-0.05, 0) is 29.8 Å². The van der Waals surface area contributed by atoms with Crippen LogP contribution in [0.25, 0.3) is 6.08 Å². The van der Waals surface area contributed by atoms with Crippen LogP contribution in [0.1, 0.15) is 23.0 Å². The number of nitrogens with zero attached hydrogens (tertiary/aromatic N) is 2. The number of halogens is 2. The Balaban J connectivity index is 1.85. The second-order valence-corrected chi connectivity index (χ2v) is 6.18. The van der Waals surface area contributed by atoms with E-state index >= 15 is 0 Å². The second kappa shape index (κ2) is 7.97. The van der Waals surface area contributed by atoms with Crippen molar-refractivity contribution in [2.24, 2.45) is 7.05 Å². The van der Waals surface area contributed by atoms with Gasteiger partial charge in [0, 0.05) is 36.1 Å². The van der Waals surface area contributed by atoms with Crippen LogP contribution >= 0.6 is 11.6 Å². The molecule has 0 bridgehead atoms. The molecule has 3 rings (SSSR count). The maximum atomic E-state index is 14.3. The van der Waals surface area contributed by atoms with Crippen LogP contribution in [0.3, 0.4) is 0 Å². The first-order valence-electron chi connectivity index (χ1n) is 8.00. The standard InChI is InChI=1S/C20H17ClFN3O/c1-25-12-11-23-20(25)19(16-7-2-3-8-17(16)22)24-18(26)10-9-14-5-4-6-15(21)13-14/h2-13,19H,1H3,(H,24,26). The van der Waals surface area contributed by atoms with Crippen LogP contribution in [-0.2, 0) is 11.8 Å². The van der Waals surface area contributed by atoms with Gasteiger partial charge in [0.15, 0.2) is 0 Å². The van der Waals surface area contributed by atoms with Gasteiger partial charge >= 0.3 is 0 Å². The molecule has 6 heteroatoms. The Hall–Kier alpha value is -2.92. The smallest absolute Gasteiger partial charge is 0.244 e. The lowest BCUT2D eigenvalue weighted by Gasteiger charge is -2.18. The fourth-order valence-corrected chi connectivity index (χ4v) is 2.82. The molecule has 0 aliphatic heterocycles. The average Bonchev–Trinajstić information content (AvgIpc) is 3.04. The first-order valence-corrected chi connectivity index (χ1v) is 8.38. The molecule has 1 atom stereocenters. The highest BCUT2D eigenvalue weighted by Gasteiger charge is 2.22. The minimum absolute atomic E-state index is 0.353. The Morgan fingerprint density at radius 1 is 1.27 bits per heavy atom. The average molecular weight is 370 g/mol. The number of hydrogen-bond donors (Lipinski definition) is 1. The van der Waals surface area contributed by atoms with Gasteiger partial charge in [0.05, 0.1) is 0 Å². The molecule has 0 saturated carbocycles. The summed E-state index contributed by atoms with van der Waals surface area (Å²) < 4.78 is 16.0. The Kier molecular flexibility index (Phi) is 5.49. The summed E-state index contributed by atoms with van der Waals surface area (Å²) in [7, 11) is 1.80. The van der Waals surface area contributed by atoms with Gasteiger partial charge in [-0.2, -0.15) is 0 Å². The van der Waals surface area contributed by atoms with E-state index in [4.69, 9.17) is 11.6 Å². The van der Waals surface area contributed by atoms with Crippen molar-refractivity contribution in [3.8, 4) is 0 Å². The second-order valence-electron chi connectivity index (χ2n) is 5.75. The number of benzene rings is 2. The molecular formula is C20H17ClFN3O. The van der Waals surface area contributed by atoms with E-state index in [1.807, 2.05) is 6.07 Å². The molecule has 1 heterocycles. The first-order chi connectivity index (χ1) is 12.5. The molecule has 132 valence electrons. The summed E-state index contributed by atoms with van der Waals surface area (Å²) in [5.74, 6) is -0.222. The van der Waals surface area contributed by atoms with E-state index in [0.717, 1.165) is 5.56 Å². The van der Waals surface area contributed by atoms with Gasteiger partial charge in [0.1, 0.15) is 17.7 Å². The number of aromatic nitrogens is 2. The Morgan fingerprint density at radius 2 is 2.08 bits per heavy atom. The third kappa shape index (κ3) is 4.18. The zero-order valence-electron chi connectivity index (χ0n) is 14.1. The molecule has 0 spiro atoms. The number of carbonyl (C=O) groups excluding carboxylic acids is 1. The van der Waals surface area contributed by atoms with Gasteiger partial charge in [-0.25, -0.2) is 9.37 Å². The predicted octanol–water partition coefficient (Wildman–Crippen LogP) is 4.13. The quantitative estimate of drug-likeness (QED) is 0.687. The molecule has 3 aromatic rings. The highest BCUT2D eigenvalue weighted by atomic mass is 35.5. The van der Waals surface area contributed by atoms with Crippen molar-refractivity contribution in [1.29, 1.82) is 0 Å². The van der Waals surface area contributed by atoms with Crippen molar-refractivity contribution >= 4 is 23.6 Å². The summed E-state index contributed by atoms with van der Waals surface area (Å²) in [6.07, 6.45) is 6.40. The minimum Gasteiger partial charge on any atom is -0.338 e. The van der Waals surface area contributed by atoms with Crippen molar-refractivity contribution in [3.05, 3.63) is 94.8 Å². The molecule has 1 N–H and O–H groups in total. The van der Waals surface area contributed by atoms with Gasteiger partial charge in [-0.15, -0.1) is 0 Å². The van der Waals surface area contributed by atoms with Crippen LogP contribution in [0, 0.1) is 5.82 Å². The molecule has 2 aromatic carbocycles. The lowest BCUT2D eigenvalue weighted by Crippen LogP contribution is -2.30. The maximum absolute atomic E-state index is 14.3. The highest BCUT2D eigenvalue weighted by Crippen LogP contribution is 2.23. The molecule has 1 amide bonds. The number of rotatable bonds is 5. The largest absolute Gasteiger partial charge is 0.338 e. The van der Waals surface area contributed by atoms with Crippen LogP contribution in [0.5, 0.6) is 0 Å². The first kappa shape index (κ1) is 17.9. The third-order valence-electron chi connectivity index (χ3n) is 3.90. The van der Waals surface area contributed by atoms with Crippen molar-refractivity contribution in [3.63, 3.8) is 0 Å². The number of amides is 1. The van der Waals surface area contributed by atoms with Gasteiger partial charge in [-0.1, -0.05) is 41.9 Å². The van der Waals surface area contributed by atoms with E-state index in [1.165, 1.54) is 12.1 Å². The van der Waals surface area contributed by atoms with Crippen LogP contribution < -0.4 is 5.32 Å². The zero-order chi connectivity index (χ0) is 18.5. The van der Waals surface area contributed by atoms with Gasteiger partial charge in [-0.3, -0.25) is 4.79 Å². The molecule has 0 aliphatic carbocycles. The number of hydrogen-bond acceptors (Lipinski definition) is 2. The van der Waals surface area contributed by atoms with E-state index in [-0.39, 0.29) is 5.91 Å². The predicted molar refractivity (Wildman–Crippen MR) is 100 cm³/mol. The lowest BCUT2D eigenvalue weighted by molar-refractivity contribution is -0.117. The topological polar surface area (TPSA) is 46.9 Å². The number of carbonyl (C=O) groups is 1. The number of nitrogens with one attached hydrogen (secondary N) is 1. The molecule has 0 radical (unpaired) electrons. The van der Waals surface area contributed by atoms with E-state index in [1.54, 1.807) is 66.5 Å². The SMILES string of the molecule is Cn1ccnc1C(NC(=O)C=Cc1cccc(Cl)c1)c1ccccc1F. The van der Waals surface area contributed by atoms with Crippen molar-refractivity contribution in [2.45, 2.75) is 6.04 Å². The molecule has 0 fully saturated rings. The molecule has 0 aliphatic rings. The summed E-state index contributed by atoms with van der Waals surface area (Å²) in [6, 6.07) is 12.8. The Morgan fingerprint density at radius 3 is 2.77 bits per heavy atom. The van der Waals surface area contributed by atoms with Crippen molar-refractivity contribution in [1.82, 2.24) is 14.9 Å². The monoisotopic (exact) mass is 369 g/mol. The van der Waals surface area contributed by atoms with Crippen LogP contribution in [-0.4, -0.2) is 15.5 Å². The third-order valence-corrected chi connectivity index (χ3v) is 4.13. The summed E-state index contributed by atoms with van der Waals surface area (Å²) in [6.45, 7) is 0. The molecular weight excluding hydrogens is 353 g/mol. The normalized spacial score (nSPS) is 12.3. The summed E-state index contributed by atoms with van der Waals surface area (Å²) in [5.41, 5.74) is 1.15. The lowest BCUT2D eigenvalue weighted by atomic mass is 10.1. The number of aryl methyl sites for hydroxylation is 1. The molecule has 4 nitrogen and oxygen atoms in total. The molecule has 1 unspecified atom stereocenters. The fourth-order valence-electron chi connectivity index (χ4n) is 2.62. The van der Waals surface area contributed by atoms with E-state index < -0.39 is 11.9 Å². The maximum Gasteiger partial charge on any atom is 0.244 e. The van der Waals surface area contributed by atoms with Crippen molar-refractivity contribution < 1.29 is 9.18 Å². The van der Waals surface area contributed by atoms with E-state index in [9.17, 15) is 9.18 Å². The fraction of sp³-hybridized carbons (Fsp3) is 0.100. The van der Waals surface area contributed by atoms with Gasteiger partial charge in [0.25, 0.3) is 0 Å². The van der Waals surface area contributed by atoms with Gasteiger partial charge < -0.3 is 9.88 Å². The van der Waals surface area contributed by atoms with Crippen molar-refractivity contribution in [2.75, 3.05) is 0 Å². The summed E-state index contributed by atoms with van der Waals surface area (Å²) >= 11 is 5.94. The Labute approximate surface area is 155 Å². The molecule has 1 aromatic heterocycles. The Bertz CT molecular complexity index is 951. The van der Waals surface area contributed by atoms with E-state index in [2.05, 4.69) is 10.3 Å². The van der Waals surface area contributed by atoms with Gasteiger partial charge in [0.2, 0.25) is 5.91 Å². The van der Waals surface area contributed by atoms with Crippen LogP contribution in [0.15, 0.2) is 67.0 Å². The summed E-state index contributed by atoms with van der Waals surface area (Å²) in [4.78, 5) is 16.7. The van der Waals surface area contributed by atoms with E-state index in [0.29, 0.717) is 16.4 Å². The molecule has 0 saturated heterocycles. The highest BCUT2D eigenvalue weighted by molar-refractivity contribution is 6.30. The van der Waals surface area contributed by atoms with Crippen LogP contribution in [0.4, 0.5) is 4.39 Å². The zero-order valence-corrected chi connectivity index (χ0v) is 14.8. The van der Waals surface area contributed by atoms with Crippen LogP contribution in [0.2, 0.25) is 5.02 Å².